The van der Waals surface area contributed by atoms with E-state index < -0.39 is 6.61 Å². The van der Waals surface area contributed by atoms with Crippen molar-refractivity contribution >= 4 is 0 Å². The molecule has 0 aliphatic heterocycles. The fourth-order valence-electron chi connectivity index (χ4n) is 2.94. The lowest BCUT2D eigenvalue weighted by Crippen LogP contribution is -2.02. The van der Waals surface area contributed by atoms with Crippen molar-refractivity contribution in [2.75, 3.05) is 13.7 Å². The summed E-state index contributed by atoms with van der Waals surface area (Å²) in [5.41, 5.74) is 4.18. The van der Waals surface area contributed by atoms with E-state index in [0.717, 1.165) is 16.8 Å². The first-order valence-electron chi connectivity index (χ1n) is 8.87. The summed E-state index contributed by atoms with van der Waals surface area (Å²) in [5, 5.41) is 9.01. The third kappa shape index (κ3) is 5.04. The SMILES string of the molecule is COc1ccc(Cc2ccc(CCO)cc2)nc1-c1cccc(OC(F)F)c1. The molecule has 6 heteroatoms. The lowest BCUT2D eigenvalue weighted by Gasteiger charge is -2.12. The number of alkyl halides is 2. The highest BCUT2D eigenvalue weighted by Gasteiger charge is 2.12. The highest BCUT2D eigenvalue weighted by molar-refractivity contribution is 5.68. The maximum absolute atomic E-state index is 12.5. The lowest BCUT2D eigenvalue weighted by atomic mass is 10.0. The molecule has 0 unspecified atom stereocenters. The fraction of sp³-hybridized carbons (Fsp3) is 0.227. The Hall–Kier alpha value is -2.99. The van der Waals surface area contributed by atoms with Crippen molar-refractivity contribution in [1.82, 2.24) is 4.98 Å². The van der Waals surface area contributed by atoms with E-state index in [1.165, 1.54) is 12.1 Å². The second-order valence-electron chi connectivity index (χ2n) is 6.23. The number of methoxy groups -OCH3 is 1. The van der Waals surface area contributed by atoms with Crippen molar-refractivity contribution in [3.8, 4) is 22.8 Å². The standard InChI is InChI=1S/C22H21F2NO3/c1-27-20-10-9-18(13-16-7-5-15(6-8-16)11-12-26)25-21(20)17-3-2-4-19(14-17)28-22(23)24/h2-10,14,22,26H,11-13H2,1H3. The molecule has 0 aliphatic carbocycles. The van der Waals surface area contributed by atoms with Gasteiger partial charge in [0.05, 0.1) is 7.11 Å². The second kappa shape index (κ2) is 9.28. The van der Waals surface area contributed by atoms with Gasteiger partial charge < -0.3 is 14.6 Å². The maximum atomic E-state index is 12.5. The van der Waals surface area contributed by atoms with E-state index in [-0.39, 0.29) is 12.4 Å². The van der Waals surface area contributed by atoms with Gasteiger partial charge in [-0.15, -0.1) is 0 Å². The van der Waals surface area contributed by atoms with E-state index in [1.54, 1.807) is 19.2 Å². The number of hydrogen-bond acceptors (Lipinski definition) is 4. The highest BCUT2D eigenvalue weighted by Crippen LogP contribution is 2.31. The van der Waals surface area contributed by atoms with Gasteiger partial charge in [0.15, 0.2) is 0 Å². The average Bonchev–Trinajstić information content (AvgIpc) is 2.69. The van der Waals surface area contributed by atoms with Crippen LogP contribution in [0.1, 0.15) is 16.8 Å². The van der Waals surface area contributed by atoms with Crippen LogP contribution >= 0.6 is 0 Å². The predicted molar refractivity (Wildman–Crippen MR) is 103 cm³/mol. The zero-order valence-corrected chi connectivity index (χ0v) is 15.4. The molecule has 1 heterocycles. The van der Waals surface area contributed by atoms with Gasteiger partial charge in [-0.1, -0.05) is 36.4 Å². The van der Waals surface area contributed by atoms with E-state index in [1.807, 2.05) is 36.4 Å². The fourth-order valence-corrected chi connectivity index (χ4v) is 2.94. The molecule has 146 valence electrons. The molecule has 3 aromatic rings. The maximum Gasteiger partial charge on any atom is 0.387 e. The molecular weight excluding hydrogens is 364 g/mol. The van der Waals surface area contributed by atoms with Crippen LogP contribution in [-0.2, 0) is 12.8 Å². The molecule has 0 saturated heterocycles. The Morgan fingerprint density at radius 3 is 2.43 bits per heavy atom. The molecule has 0 saturated carbocycles. The normalized spacial score (nSPS) is 10.9. The van der Waals surface area contributed by atoms with Crippen LogP contribution in [0.25, 0.3) is 11.3 Å². The molecule has 28 heavy (non-hydrogen) atoms. The molecule has 0 aliphatic rings. The van der Waals surface area contributed by atoms with E-state index in [9.17, 15) is 8.78 Å². The molecular formula is C22H21F2NO3. The van der Waals surface area contributed by atoms with Crippen LogP contribution in [-0.4, -0.2) is 30.4 Å². The number of rotatable bonds is 8. The van der Waals surface area contributed by atoms with E-state index >= 15 is 0 Å². The van der Waals surface area contributed by atoms with Gasteiger partial charge in [0.25, 0.3) is 0 Å². The Labute approximate surface area is 162 Å². The Morgan fingerprint density at radius 1 is 1.00 bits per heavy atom. The summed E-state index contributed by atoms with van der Waals surface area (Å²) in [6, 6.07) is 18.1. The van der Waals surface area contributed by atoms with Crippen LogP contribution in [0.4, 0.5) is 8.78 Å². The smallest absolute Gasteiger partial charge is 0.387 e. The molecule has 0 amide bonds. The number of aliphatic hydroxyl groups is 1. The first-order valence-corrected chi connectivity index (χ1v) is 8.87. The van der Waals surface area contributed by atoms with Gasteiger partial charge in [-0.2, -0.15) is 8.78 Å². The Kier molecular flexibility index (Phi) is 6.55. The van der Waals surface area contributed by atoms with Gasteiger partial charge in [-0.25, -0.2) is 4.98 Å². The minimum Gasteiger partial charge on any atom is -0.494 e. The quantitative estimate of drug-likeness (QED) is 0.621. The molecule has 1 aromatic heterocycles. The predicted octanol–water partition coefficient (Wildman–Crippen LogP) is 4.48. The molecule has 0 radical (unpaired) electrons. The van der Waals surface area contributed by atoms with Gasteiger partial charge >= 0.3 is 6.61 Å². The number of pyridine rings is 1. The number of aromatic nitrogens is 1. The van der Waals surface area contributed by atoms with E-state index in [2.05, 4.69) is 9.72 Å². The number of nitrogens with zero attached hydrogens (tertiary/aromatic N) is 1. The minimum absolute atomic E-state index is 0.0706. The molecule has 0 atom stereocenters. The summed E-state index contributed by atoms with van der Waals surface area (Å²) in [4.78, 5) is 4.68. The number of ether oxygens (including phenoxy) is 2. The van der Waals surface area contributed by atoms with Crippen molar-refractivity contribution in [2.24, 2.45) is 0 Å². The van der Waals surface area contributed by atoms with Crippen molar-refractivity contribution in [3.05, 3.63) is 77.5 Å². The molecule has 0 spiro atoms. The van der Waals surface area contributed by atoms with Gasteiger partial charge in [0, 0.05) is 24.3 Å². The zero-order valence-electron chi connectivity index (χ0n) is 15.4. The third-order valence-corrected chi connectivity index (χ3v) is 4.28. The summed E-state index contributed by atoms with van der Waals surface area (Å²) < 4.78 is 34.9. The van der Waals surface area contributed by atoms with Crippen LogP contribution in [0.3, 0.4) is 0 Å². The summed E-state index contributed by atoms with van der Waals surface area (Å²) in [6.07, 6.45) is 1.24. The Morgan fingerprint density at radius 2 is 1.75 bits per heavy atom. The van der Waals surface area contributed by atoms with Gasteiger partial charge in [-0.05, 0) is 41.8 Å². The molecule has 1 N–H and O–H groups in total. The molecule has 0 bridgehead atoms. The van der Waals surface area contributed by atoms with Crippen LogP contribution < -0.4 is 9.47 Å². The monoisotopic (exact) mass is 385 g/mol. The number of benzene rings is 2. The molecule has 3 rings (SSSR count). The van der Waals surface area contributed by atoms with Crippen molar-refractivity contribution in [3.63, 3.8) is 0 Å². The topological polar surface area (TPSA) is 51.6 Å². The van der Waals surface area contributed by atoms with Crippen molar-refractivity contribution in [1.29, 1.82) is 0 Å². The molecule has 0 fully saturated rings. The first kappa shape index (κ1) is 19.8. The minimum atomic E-state index is -2.88. The van der Waals surface area contributed by atoms with Crippen LogP contribution in [0.2, 0.25) is 0 Å². The average molecular weight is 385 g/mol. The Bertz CT molecular complexity index is 914. The van der Waals surface area contributed by atoms with Crippen molar-refractivity contribution < 1.29 is 23.4 Å². The zero-order chi connectivity index (χ0) is 19.9. The third-order valence-electron chi connectivity index (χ3n) is 4.28. The van der Waals surface area contributed by atoms with Crippen LogP contribution in [0, 0.1) is 0 Å². The molecule has 2 aromatic carbocycles. The number of hydrogen-bond donors (Lipinski definition) is 1. The van der Waals surface area contributed by atoms with Crippen LogP contribution in [0.15, 0.2) is 60.7 Å². The lowest BCUT2D eigenvalue weighted by molar-refractivity contribution is -0.0498. The summed E-state index contributed by atoms with van der Waals surface area (Å²) >= 11 is 0. The highest BCUT2D eigenvalue weighted by atomic mass is 19.3. The van der Waals surface area contributed by atoms with Gasteiger partial charge in [-0.3, -0.25) is 0 Å². The largest absolute Gasteiger partial charge is 0.494 e. The molecule has 4 nitrogen and oxygen atoms in total. The van der Waals surface area contributed by atoms with Gasteiger partial charge in [0.2, 0.25) is 0 Å². The summed E-state index contributed by atoms with van der Waals surface area (Å²) in [7, 11) is 1.54. The first-order chi connectivity index (χ1) is 13.6. The van der Waals surface area contributed by atoms with E-state index in [0.29, 0.717) is 29.8 Å². The number of halogens is 2. The Balaban J connectivity index is 1.88. The van der Waals surface area contributed by atoms with E-state index in [4.69, 9.17) is 9.84 Å². The summed E-state index contributed by atoms with van der Waals surface area (Å²) in [6.45, 7) is -2.76. The van der Waals surface area contributed by atoms with Gasteiger partial charge in [0.1, 0.15) is 17.2 Å². The van der Waals surface area contributed by atoms with Crippen LogP contribution in [0.5, 0.6) is 11.5 Å². The number of aliphatic hydroxyl groups excluding tert-OH is 1. The van der Waals surface area contributed by atoms with Crippen molar-refractivity contribution in [2.45, 2.75) is 19.5 Å². The second-order valence-corrected chi connectivity index (χ2v) is 6.23. The summed E-state index contributed by atoms with van der Waals surface area (Å²) in [5.74, 6) is 0.623.